The minimum atomic E-state index is 0.593. The predicted octanol–water partition coefficient (Wildman–Crippen LogP) is 3.19. The van der Waals surface area contributed by atoms with Gasteiger partial charge in [-0.1, -0.05) is 36.8 Å². The van der Waals surface area contributed by atoms with Crippen molar-refractivity contribution >= 4 is 5.95 Å². The topological polar surface area (TPSA) is 47.0 Å². The summed E-state index contributed by atoms with van der Waals surface area (Å²) in [6, 6.07) is 10.1. The van der Waals surface area contributed by atoms with Crippen LogP contribution >= 0.6 is 0 Å². The van der Waals surface area contributed by atoms with Crippen LogP contribution in [-0.2, 0) is 6.54 Å². The molecule has 0 unspecified atom stereocenters. The van der Waals surface area contributed by atoms with Crippen LogP contribution in [0.2, 0.25) is 0 Å². The van der Waals surface area contributed by atoms with Crippen LogP contribution in [-0.4, -0.2) is 16.6 Å². The average molecular weight is 257 g/mol. The Labute approximate surface area is 113 Å². The SMILES string of the molecule is CCCOc1ccnc(NCc2cccc(C)c2)n1. The Hall–Kier alpha value is -2.10. The molecular weight excluding hydrogens is 238 g/mol. The second-order valence-corrected chi connectivity index (χ2v) is 4.41. The Morgan fingerprint density at radius 2 is 2.16 bits per heavy atom. The Balaban J connectivity index is 1.95. The lowest BCUT2D eigenvalue weighted by Crippen LogP contribution is -2.05. The normalized spacial score (nSPS) is 10.2. The summed E-state index contributed by atoms with van der Waals surface area (Å²) in [5, 5.41) is 3.20. The van der Waals surface area contributed by atoms with Gasteiger partial charge in [-0.05, 0) is 18.9 Å². The summed E-state index contributed by atoms with van der Waals surface area (Å²) in [5.74, 6) is 1.21. The van der Waals surface area contributed by atoms with Crippen molar-refractivity contribution in [3.8, 4) is 5.88 Å². The molecule has 4 heteroatoms. The average Bonchev–Trinajstić information content (AvgIpc) is 2.43. The lowest BCUT2D eigenvalue weighted by molar-refractivity contribution is 0.305. The van der Waals surface area contributed by atoms with E-state index in [2.05, 4.69) is 47.3 Å². The Kier molecular flexibility index (Phi) is 4.72. The van der Waals surface area contributed by atoms with Crippen molar-refractivity contribution in [2.24, 2.45) is 0 Å². The van der Waals surface area contributed by atoms with E-state index in [1.807, 2.05) is 6.07 Å². The summed E-state index contributed by atoms with van der Waals surface area (Å²) in [6.45, 7) is 5.53. The third-order valence-corrected chi connectivity index (χ3v) is 2.62. The van der Waals surface area contributed by atoms with E-state index in [0.717, 1.165) is 6.42 Å². The second-order valence-electron chi connectivity index (χ2n) is 4.41. The number of nitrogens with zero attached hydrogens (tertiary/aromatic N) is 2. The fraction of sp³-hybridized carbons (Fsp3) is 0.333. The number of aryl methyl sites for hydroxylation is 1. The molecule has 2 rings (SSSR count). The van der Waals surface area contributed by atoms with Gasteiger partial charge in [-0.15, -0.1) is 0 Å². The molecule has 1 heterocycles. The van der Waals surface area contributed by atoms with Crippen molar-refractivity contribution in [2.75, 3.05) is 11.9 Å². The molecule has 0 bridgehead atoms. The monoisotopic (exact) mass is 257 g/mol. The first-order valence-electron chi connectivity index (χ1n) is 6.53. The molecule has 0 aliphatic rings. The van der Waals surface area contributed by atoms with Crippen molar-refractivity contribution in [3.63, 3.8) is 0 Å². The lowest BCUT2D eigenvalue weighted by atomic mass is 10.1. The first-order chi connectivity index (χ1) is 9.28. The van der Waals surface area contributed by atoms with Crippen molar-refractivity contribution in [1.82, 2.24) is 9.97 Å². The fourth-order valence-corrected chi connectivity index (χ4v) is 1.72. The summed E-state index contributed by atoms with van der Waals surface area (Å²) >= 11 is 0. The third-order valence-electron chi connectivity index (χ3n) is 2.62. The molecular formula is C15H19N3O. The van der Waals surface area contributed by atoms with Gasteiger partial charge in [0, 0.05) is 18.8 Å². The third kappa shape index (κ3) is 4.25. The molecule has 100 valence electrons. The largest absolute Gasteiger partial charge is 0.478 e. The molecule has 1 N–H and O–H groups in total. The van der Waals surface area contributed by atoms with Gasteiger partial charge in [0.25, 0.3) is 0 Å². The number of benzene rings is 1. The summed E-state index contributed by atoms with van der Waals surface area (Å²) in [5.41, 5.74) is 2.46. The maximum absolute atomic E-state index is 5.48. The molecule has 0 amide bonds. The number of nitrogens with one attached hydrogen (secondary N) is 1. The van der Waals surface area contributed by atoms with Gasteiger partial charge in [0.1, 0.15) is 0 Å². The van der Waals surface area contributed by atoms with Crippen LogP contribution in [0.3, 0.4) is 0 Å². The van der Waals surface area contributed by atoms with E-state index in [9.17, 15) is 0 Å². The highest BCUT2D eigenvalue weighted by molar-refractivity contribution is 5.31. The van der Waals surface area contributed by atoms with E-state index < -0.39 is 0 Å². The smallest absolute Gasteiger partial charge is 0.226 e. The van der Waals surface area contributed by atoms with Crippen molar-refractivity contribution in [3.05, 3.63) is 47.7 Å². The van der Waals surface area contributed by atoms with E-state index in [0.29, 0.717) is 25.0 Å². The van der Waals surface area contributed by atoms with Crippen LogP contribution < -0.4 is 10.1 Å². The van der Waals surface area contributed by atoms with Crippen LogP contribution in [0.15, 0.2) is 36.5 Å². The van der Waals surface area contributed by atoms with Gasteiger partial charge in [-0.25, -0.2) is 4.98 Å². The van der Waals surface area contributed by atoms with Gasteiger partial charge < -0.3 is 10.1 Å². The maximum Gasteiger partial charge on any atom is 0.226 e. The molecule has 0 saturated heterocycles. The fourth-order valence-electron chi connectivity index (χ4n) is 1.72. The Morgan fingerprint density at radius 3 is 2.95 bits per heavy atom. The van der Waals surface area contributed by atoms with Crippen LogP contribution in [0.1, 0.15) is 24.5 Å². The van der Waals surface area contributed by atoms with Crippen LogP contribution in [0.5, 0.6) is 5.88 Å². The quantitative estimate of drug-likeness (QED) is 0.863. The van der Waals surface area contributed by atoms with Gasteiger partial charge in [0.05, 0.1) is 6.61 Å². The Morgan fingerprint density at radius 1 is 1.26 bits per heavy atom. The highest BCUT2D eigenvalue weighted by Gasteiger charge is 2.00. The van der Waals surface area contributed by atoms with Crippen molar-refractivity contribution in [1.29, 1.82) is 0 Å². The molecule has 0 aliphatic heterocycles. The Bertz CT molecular complexity index is 528. The van der Waals surface area contributed by atoms with Crippen LogP contribution in [0, 0.1) is 6.92 Å². The van der Waals surface area contributed by atoms with Crippen LogP contribution in [0.4, 0.5) is 5.95 Å². The van der Waals surface area contributed by atoms with Crippen molar-refractivity contribution < 1.29 is 4.74 Å². The molecule has 0 spiro atoms. The van der Waals surface area contributed by atoms with Gasteiger partial charge in [-0.3, -0.25) is 0 Å². The minimum Gasteiger partial charge on any atom is -0.478 e. The van der Waals surface area contributed by atoms with Gasteiger partial charge >= 0.3 is 0 Å². The predicted molar refractivity (Wildman–Crippen MR) is 76.3 cm³/mol. The molecule has 4 nitrogen and oxygen atoms in total. The minimum absolute atomic E-state index is 0.593. The van der Waals surface area contributed by atoms with Crippen LogP contribution in [0.25, 0.3) is 0 Å². The summed E-state index contributed by atoms with van der Waals surface area (Å²) < 4.78 is 5.48. The molecule has 0 saturated carbocycles. The number of ether oxygens (including phenoxy) is 1. The number of anilines is 1. The number of hydrogen-bond acceptors (Lipinski definition) is 4. The zero-order valence-corrected chi connectivity index (χ0v) is 11.4. The molecule has 0 atom stereocenters. The number of aromatic nitrogens is 2. The number of rotatable bonds is 6. The summed E-state index contributed by atoms with van der Waals surface area (Å²) in [6.07, 6.45) is 2.67. The maximum atomic E-state index is 5.48. The van der Waals surface area contributed by atoms with Gasteiger partial charge in [0.2, 0.25) is 11.8 Å². The van der Waals surface area contributed by atoms with E-state index in [4.69, 9.17) is 4.74 Å². The number of hydrogen-bond donors (Lipinski definition) is 1. The molecule has 2 aromatic rings. The first kappa shape index (κ1) is 13.3. The molecule has 1 aromatic carbocycles. The zero-order chi connectivity index (χ0) is 13.5. The molecule has 1 aromatic heterocycles. The molecule has 0 aliphatic carbocycles. The van der Waals surface area contributed by atoms with Crippen molar-refractivity contribution in [2.45, 2.75) is 26.8 Å². The summed E-state index contributed by atoms with van der Waals surface area (Å²) in [7, 11) is 0. The highest BCUT2D eigenvalue weighted by Crippen LogP contribution is 2.10. The summed E-state index contributed by atoms with van der Waals surface area (Å²) in [4.78, 5) is 8.49. The standard InChI is InChI=1S/C15H19N3O/c1-3-9-19-14-7-8-16-15(18-14)17-11-13-6-4-5-12(2)10-13/h4-8,10H,3,9,11H2,1-2H3,(H,16,17,18). The molecule has 0 radical (unpaired) electrons. The van der Waals surface area contributed by atoms with E-state index in [1.165, 1.54) is 11.1 Å². The van der Waals surface area contributed by atoms with E-state index >= 15 is 0 Å². The van der Waals surface area contributed by atoms with Gasteiger partial charge in [-0.2, -0.15) is 4.98 Å². The first-order valence-corrected chi connectivity index (χ1v) is 6.53. The molecule has 19 heavy (non-hydrogen) atoms. The second kappa shape index (κ2) is 6.73. The zero-order valence-electron chi connectivity index (χ0n) is 11.4. The van der Waals surface area contributed by atoms with E-state index in [1.54, 1.807) is 12.3 Å². The van der Waals surface area contributed by atoms with Gasteiger partial charge in [0.15, 0.2) is 0 Å². The molecule has 0 fully saturated rings. The lowest BCUT2D eigenvalue weighted by Gasteiger charge is -2.07. The van der Waals surface area contributed by atoms with E-state index in [-0.39, 0.29) is 0 Å². The highest BCUT2D eigenvalue weighted by atomic mass is 16.5.